The third-order valence-electron chi connectivity index (χ3n) is 3.81. The van der Waals surface area contributed by atoms with Gasteiger partial charge in [0.05, 0.1) is 5.92 Å². The minimum absolute atomic E-state index is 0.150. The lowest BCUT2D eigenvalue weighted by Gasteiger charge is -2.18. The fraction of sp³-hybridized carbons (Fsp3) is 0.429. The Hall–Kier alpha value is -1.80. The highest BCUT2D eigenvalue weighted by Gasteiger charge is 2.37. The second kappa shape index (κ2) is 5.44. The summed E-state index contributed by atoms with van der Waals surface area (Å²) in [5.74, 6) is 0.0712. The van der Waals surface area contributed by atoms with Gasteiger partial charge in [0.15, 0.2) is 5.82 Å². The van der Waals surface area contributed by atoms with Gasteiger partial charge in [0.25, 0.3) is 0 Å². The van der Waals surface area contributed by atoms with Gasteiger partial charge in [-0.2, -0.15) is 9.29 Å². The molecular weight excluding hydrogens is 309 g/mol. The summed E-state index contributed by atoms with van der Waals surface area (Å²) in [6.07, 6.45) is 0.578. The van der Waals surface area contributed by atoms with Crippen molar-refractivity contribution in [2.24, 2.45) is 0 Å². The van der Waals surface area contributed by atoms with Crippen LogP contribution >= 0.6 is 0 Å². The van der Waals surface area contributed by atoms with Crippen LogP contribution < -0.4 is 0 Å². The van der Waals surface area contributed by atoms with E-state index in [1.54, 1.807) is 19.9 Å². The Kier molecular flexibility index (Phi) is 3.73. The summed E-state index contributed by atoms with van der Waals surface area (Å²) in [6, 6.07) is 4.25. The number of benzene rings is 1. The average molecular weight is 325 g/mol. The van der Waals surface area contributed by atoms with Crippen LogP contribution in [0.2, 0.25) is 0 Å². The summed E-state index contributed by atoms with van der Waals surface area (Å²) >= 11 is 0. The number of hydrogen-bond donors (Lipinski definition) is 0. The molecular formula is C14H16FN3O3S. The van der Waals surface area contributed by atoms with E-state index in [4.69, 9.17) is 4.52 Å². The molecule has 3 rings (SSSR count). The Labute approximate surface area is 128 Å². The maximum absolute atomic E-state index is 14.0. The van der Waals surface area contributed by atoms with Gasteiger partial charge in [-0.3, -0.25) is 0 Å². The zero-order chi connectivity index (χ0) is 15.9. The first-order valence-corrected chi connectivity index (χ1v) is 8.39. The molecule has 6 nitrogen and oxygen atoms in total. The third kappa shape index (κ3) is 2.52. The standard InChI is InChI=1S/C14H16FN3O3S/c1-9-4-3-5-12(15)13(9)22(19,20)18-7-6-11(8-18)14-16-10(2)17-21-14/h3-5,11H,6-8H2,1-2H3/t11-/m0/s1. The average Bonchev–Trinajstić information content (AvgIpc) is 3.06. The van der Waals surface area contributed by atoms with Crippen LogP contribution in [0.4, 0.5) is 4.39 Å². The van der Waals surface area contributed by atoms with E-state index in [1.807, 2.05) is 0 Å². The number of rotatable bonds is 3. The fourth-order valence-electron chi connectivity index (χ4n) is 2.70. The summed E-state index contributed by atoms with van der Waals surface area (Å²) in [7, 11) is -3.87. The predicted octanol–water partition coefficient (Wildman–Crippen LogP) is 2.00. The minimum Gasteiger partial charge on any atom is -0.339 e. The molecule has 1 aliphatic rings. The number of aromatic nitrogens is 2. The Morgan fingerprint density at radius 2 is 2.14 bits per heavy atom. The first-order chi connectivity index (χ1) is 10.4. The second-order valence-electron chi connectivity index (χ2n) is 5.41. The molecule has 22 heavy (non-hydrogen) atoms. The van der Waals surface area contributed by atoms with Gasteiger partial charge in [-0.25, -0.2) is 12.8 Å². The van der Waals surface area contributed by atoms with Gasteiger partial charge in [-0.05, 0) is 31.9 Å². The molecule has 0 bridgehead atoms. The first-order valence-electron chi connectivity index (χ1n) is 6.95. The van der Waals surface area contributed by atoms with Crippen LogP contribution in [0, 0.1) is 19.7 Å². The molecule has 1 aromatic heterocycles. The molecule has 118 valence electrons. The minimum atomic E-state index is -3.87. The topological polar surface area (TPSA) is 76.3 Å². The lowest BCUT2D eigenvalue weighted by Crippen LogP contribution is -2.30. The van der Waals surface area contributed by atoms with E-state index < -0.39 is 15.8 Å². The van der Waals surface area contributed by atoms with Crippen molar-refractivity contribution in [3.05, 3.63) is 41.3 Å². The van der Waals surface area contributed by atoms with Crippen molar-refractivity contribution in [1.82, 2.24) is 14.4 Å². The number of nitrogens with zero attached hydrogens (tertiary/aromatic N) is 3. The third-order valence-corrected chi connectivity index (χ3v) is 5.85. The van der Waals surface area contributed by atoms with Crippen LogP contribution in [0.5, 0.6) is 0 Å². The smallest absolute Gasteiger partial charge is 0.246 e. The fourth-order valence-corrected chi connectivity index (χ4v) is 4.47. The van der Waals surface area contributed by atoms with Crippen LogP contribution in [-0.2, 0) is 10.0 Å². The first kappa shape index (κ1) is 15.1. The highest BCUT2D eigenvalue weighted by Crippen LogP contribution is 2.32. The molecule has 2 heterocycles. The Morgan fingerprint density at radius 1 is 1.36 bits per heavy atom. The van der Waals surface area contributed by atoms with Gasteiger partial charge < -0.3 is 4.52 Å². The van der Waals surface area contributed by atoms with Crippen molar-refractivity contribution >= 4 is 10.0 Å². The van der Waals surface area contributed by atoms with Crippen LogP contribution in [0.1, 0.15) is 29.6 Å². The quantitative estimate of drug-likeness (QED) is 0.863. The van der Waals surface area contributed by atoms with Gasteiger partial charge in [0, 0.05) is 13.1 Å². The lowest BCUT2D eigenvalue weighted by atomic mass is 10.1. The van der Waals surface area contributed by atoms with Crippen LogP contribution in [0.15, 0.2) is 27.6 Å². The zero-order valence-electron chi connectivity index (χ0n) is 12.3. The van der Waals surface area contributed by atoms with Crippen LogP contribution in [-0.4, -0.2) is 36.0 Å². The molecule has 1 atom stereocenters. The highest BCUT2D eigenvalue weighted by atomic mass is 32.2. The summed E-state index contributed by atoms with van der Waals surface area (Å²) < 4.78 is 45.7. The van der Waals surface area contributed by atoms with E-state index in [0.717, 1.165) is 6.07 Å². The molecule has 0 unspecified atom stereocenters. The molecule has 1 saturated heterocycles. The second-order valence-corrected chi connectivity index (χ2v) is 7.29. The van der Waals surface area contributed by atoms with Crippen molar-refractivity contribution in [1.29, 1.82) is 0 Å². The van der Waals surface area contributed by atoms with E-state index >= 15 is 0 Å². The van der Waals surface area contributed by atoms with Crippen molar-refractivity contribution in [3.63, 3.8) is 0 Å². The molecule has 0 N–H and O–H groups in total. The van der Waals surface area contributed by atoms with E-state index in [-0.39, 0.29) is 17.4 Å². The number of sulfonamides is 1. The maximum Gasteiger partial charge on any atom is 0.246 e. The van der Waals surface area contributed by atoms with Crippen LogP contribution in [0.25, 0.3) is 0 Å². The molecule has 0 radical (unpaired) electrons. The van der Waals surface area contributed by atoms with Crippen molar-refractivity contribution in [2.75, 3.05) is 13.1 Å². The number of hydrogen-bond acceptors (Lipinski definition) is 5. The van der Waals surface area contributed by atoms with Gasteiger partial charge in [0.2, 0.25) is 15.9 Å². The van der Waals surface area contributed by atoms with Gasteiger partial charge in [-0.1, -0.05) is 17.3 Å². The van der Waals surface area contributed by atoms with E-state index in [9.17, 15) is 12.8 Å². The van der Waals surface area contributed by atoms with Crippen LogP contribution in [0.3, 0.4) is 0 Å². The molecule has 1 aromatic carbocycles. The molecule has 1 fully saturated rings. The molecule has 0 spiro atoms. The molecule has 1 aliphatic heterocycles. The van der Waals surface area contributed by atoms with E-state index in [1.165, 1.54) is 10.4 Å². The lowest BCUT2D eigenvalue weighted by molar-refractivity contribution is 0.351. The molecule has 0 aliphatic carbocycles. The molecule has 2 aromatic rings. The summed E-state index contributed by atoms with van der Waals surface area (Å²) in [4.78, 5) is 3.89. The Bertz CT molecular complexity index is 783. The summed E-state index contributed by atoms with van der Waals surface area (Å²) in [6.45, 7) is 3.82. The zero-order valence-corrected chi connectivity index (χ0v) is 13.1. The van der Waals surface area contributed by atoms with Gasteiger partial charge >= 0.3 is 0 Å². The molecule has 0 amide bonds. The van der Waals surface area contributed by atoms with Gasteiger partial charge in [-0.15, -0.1) is 0 Å². The van der Waals surface area contributed by atoms with E-state index in [0.29, 0.717) is 30.2 Å². The maximum atomic E-state index is 14.0. The summed E-state index contributed by atoms with van der Waals surface area (Å²) in [5.41, 5.74) is 0.400. The normalized spacial score (nSPS) is 19.7. The highest BCUT2D eigenvalue weighted by molar-refractivity contribution is 7.89. The van der Waals surface area contributed by atoms with E-state index in [2.05, 4.69) is 10.1 Å². The Morgan fingerprint density at radius 3 is 2.77 bits per heavy atom. The summed E-state index contributed by atoms with van der Waals surface area (Å²) in [5, 5.41) is 3.72. The SMILES string of the molecule is Cc1noc([C@H]2CCN(S(=O)(=O)c3c(C)cccc3F)C2)n1. The predicted molar refractivity (Wildman–Crippen MR) is 76.3 cm³/mol. The number of aryl methyl sites for hydroxylation is 2. The van der Waals surface area contributed by atoms with Crippen molar-refractivity contribution in [2.45, 2.75) is 31.1 Å². The monoisotopic (exact) mass is 325 g/mol. The molecule has 8 heteroatoms. The van der Waals surface area contributed by atoms with Gasteiger partial charge in [0.1, 0.15) is 10.7 Å². The number of halogens is 1. The molecule has 0 saturated carbocycles. The largest absolute Gasteiger partial charge is 0.339 e. The van der Waals surface area contributed by atoms with Crippen molar-refractivity contribution < 1.29 is 17.3 Å². The van der Waals surface area contributed by atoms with Crippen molar-refractivity contribution in [3.8, 4) is 0 Å². The Balaban J connectivity index is 1.89.